The molecule has 0 saturated heterocycles. The van der Waals surface area contributed by atoms with E-state index in [4.69, 9.17) is 4.42 Å². The topological polar surface area (TPSA) is 118 Å². The van der Waals surface area contributed by atoms with Gasteiger partial charge in [-0.1, -0.05) is 12.1 Å². The zero-order valence-corrected chi connectivity index (χ0v) is 14.3. The van der Waals surface area contributed by atoms with E-state index < -0.39 is 22.6 Å². The van der Waals surface area contributed by atoms with Crippen LogP contribution in [0.5, 0.6) is 0 Å². The van der Waals surface area contributed by atoms with E-state index in [0.29, 0.717) is 16.9 Å². The zero-order valence-electron chi connectivity index (χ0n) is 14.3. The lowest BCUT2D eigenvalue weighted by molar-refractivity contribution is -0.385. The minimum Gasteiger partial charge on any atom is -0.466 e. The summed E-state index contributed by atoms with van der Waals surface area (Å²) in [4.78, 5) is 22.6. The minimum absolute atomic E-state index is 0.00677. The van der Waals surface area contributed by atoms with Crippen LogP contribution in [0.4, 0.5) is 10.5 Å². The third-order valence-corrected chi connectivity index (χ3v) is 3.92. The van der Waals surface area contributed by atoms with Crippen LogP contribution in [0.15, 0.2) is 41.0 Å². The van der Waals surface area contributed by atoms with Crippen molar-refractivity contribution in [2.75, 3.05) is 6.54 Å². The minimum atomic E-state index is -1.34. The quantitative estimate of drug-likeness (QED) is 0.548. The Bertz CT molecular complexity index is 756. The van der Waals surface area contributed by atoms with Crippen molar-refractivity contribution in [2.24, 2.45) is 0 Å². The van der Waals surface area contributed by atoms with E-state index in [1.54, 1.807) is 38.1 Å². The predicted octanol–water partition coefficient (Wildman–Crippen LogP) is 2.76. The summed E-state index contributed by atoms with van der Waals surface area (Å²) in [6, 6.07) is 7.15. The molecule has 0 bridgehead atoms. The molecule has 1 aromatic carbocycles. The Morgan fingerprint density at radius 3 is 2.76 bits per heavy atom. The maximum absolute atomic E-state index is 12.0. The number of nitrogens with one attached hydrogen (secondary N) is 2. The van der Waals surface area contributed by atoms with Gasteiger partial charge in [0.05, 0.1) is 23.8 Å². The van der Waals surface area contributed by atoms with Crippen molar-refractivity contribution in [2.45, 2.75) is 32.4 Å². The van der Waals surface area contributed by atoms with Gasteiger partial charge in [-0.2, -0.15) is 0 Å². The highest BCUT2D eigenvalue weighted by Gasteiger charge is 2.27. The first-order valence-electron chi connectivity index (χ1n) is 7.76. The Morgan fingerprint density at radius 2 is 2.16 bits per heavy atom. The second-order valence-electron chi connectivity index (χ2n) is 6.10. The molecular weight excluding hydrogens is 326 g/mol. The van der Waals surface area contributed by atoms with Gasteiger partial charge in [-0.25, -0.2) is 4.79 Å². The lowest BCUT2D eigenvalue weighted by Gasteiger charge is -2.22. The molecule has 0 unspecified atom stereocenters. The zero-order chi connectivity index (χ0) is 18.6. The molecule has 0 aliphatic carbocycles. The fraction of sp³-hybridized carbons (Fsp3) is 0.353. The van der Waals surface area contributed by atoms with Crippen molar-refractivity contribution in [1.82, 2.24) is 10.6 Å². The van der Waals surface area contributed by atoms with E-state index in [-0.39, 0.29) is 12.2 Å². The van der Waals surface area contributed by atoms with E-state index in [9.17, 15) is 20.0 Å². The van der Waals surface area contributed by atoms with Crippen LogP contribution in [0.25, 0.3) is 0 Å². The first kappa shape index (κ1) is 18.5. The van der Waals surface area contributed by atoms with Gasteiger partial charge in [0, 0.05) is 11.6 Å². The van der Waals surface area contributed by atoms with Crippen LogP contribution in [0.3, 0.4) is 0 Å². The van der Waals surface area contributed by atoms with Gasteiger partial charge in [-0.15, -0.1) is 0 Å². The summed E-state index contributed by atoms with van der Waals surface area (Å²) in [5.41, 5.74) is -0.162. The molecule has 2 aromatic rings. The summed E-state index contributed by atoms with van der Waals surface area (Å²) < 4.78 is 5.14. The Balaban J connectivity index is 1.96. The van der Waals surface area contributed by atoms with E-state index in [1.165, 1.54) is 19.3 Å². The Kier molecular flexibility index (Phi) is 5.43. The maximum atomic E-state index is 12.0. The number of hydrogen-bond acceptors (Lipinski definition) is 5. The summed E-state index contributed by atoms with van der Waals surface area (Å²) in [6.45, 7) is 4.86. The molecule has 25 heavy (non-hydrogen) atoms. The van der Waals surface area contributed by atoms with Gasteiger partial charge in [0.25, 0.3) is 5.69 Å². The number of nitro benzene ring substituents is 1. The van der Waals surface area contributed by atoms with Gasteiger partial charge in [0.15, 0.2) is 0 Å². The third-order valence-electron chi connectivity index (χ3n) is 3.92. The van der Waals surface area contributed by atoms with Crippen LogP contribution >= 0.6 is 0 Å². The number of nitro groups is 1. The second-order valence-corrected chi connectivity index (χ2v) is 6.10. The van der Waals surface area contributed by atoms with Gasteiger partial charge in [0.2, 0.25) is 0 Å². The molecule has 0 saturated carbocycles. The first-order valence-corrected chi connectivity index (χ1v) is 7.76. The number of aryl methyl sites for hydroxylation is 1. The van der Waals surface area contributed by atoms with Crippen LogP contribution in [0.1, 0.15) is 36.8 Å². The first-order chi connectivity index (χ1) is 11.7. The van der Waals surface area contributed by atoms with E-state index in [2.05, 4.69) is 10.6 Å². The summed E-state index contributed by atoms with van der Waals surface area (Å²) in [7, 11) is 0. The molecule has 8 nitrogen and oxygen atoms in total. The van der Waals surface area contributed by atoms with Crippen LogP contribution in [0, 0.1) is 17.0 Å². The standard InChI is InChI=1S/C17H21N3O5/c1-11-6-7-13(9-14(11)20(23)24)12(2)19-16(21)18-10-17(3,22)15-5-4-8-25-15/h4-9,12,22H,10H2,1-3H3,(H2,18,19,21)/t12-,17+/m1/s1. The number of carbonyl (C=O) groups excluding carboxylic acids is 1. The van der Waals surface area contributed by atoms with Gasteiger partial charge in [0.1, 0.15) is 11.4 Å². The summed E-state index contributed by atoms with van der Waals surface area (Å²) >= 11 is 0. The van der Waals surface area contributed by atoms with Crippen molar-refractivity contribution in [1.29, 1.82) is 0 Å². The van der Waals surface area contributed by atoms with Gasteiger partial charge < -0.3 is 20.2 Å². The van der Waals surface area contributed by atoms with Crippen LogP contribution in [-0.2, 0) is 5.60 Å². The summed E-state index contributed by atoms with van der Waals surface area (Å²) in [5.74, 6) is 0.343. The number of urea groups is 1. The molecule has 0 radical (unpaired) electrons. The fourth-order valence-corrected chi connectivity index (χ4v) is 2.35. The molecule has 0 aliphatic heterocycles. The number of amides is 2. The Labute approximate surface area is 145 Å². The van der Waals surface area contributed by atoms with Gasteiger partial charge in [-0.3, -0.25) is 10.1 Å². The lowest BCUT2D eigenvalue weighted by Crippen LogP contribution is -2.44. The highest BCUT2D eigenvalue weighted by atomic mass is 16.6. The Hall–Kier alpha value is -2.87. The van der Waals surface area contributed by atoms with E-state index in [1.807, 2.05) is 0 Å². The number of nitrogens with zero attached hydrogens (tertiary/aromatic N) is 1. The summed E-state index contributed by atoms with van der Waals surface area (Å²) in [6.07, 6.45) is 1.44. The molecule has 134 valence electrons. The van der Waals surface area contributed by atoms with Crippen molar-refractivity contribution >= 4 is 11.7 Å². The number of furan rings is 1. The van der Waals surface area contributed by atoms with Gasteiger partial charge >= 0.3 is 6.03 Å². The van der Waals surface area contributed by atoms with E-state index >= 15 is 0 Å². The monoisotopic (exact) mass is 347 g/mol. The average Bonchev–Trinajstić information content (AvgIpc) is 3.08. The van der Waals surface area contributed by atoms with Crippen LogP contribution < -0.4 is 10.6 Å². The number of aliphatic hydroxyl groups is 1. The van der Waals surface area contributed by atoms with Gasteiger partial charge in [-0.05, 0) is 38.5 Å². The third kappa shape index (κ3) is 4.57. The number of benzene rings is 1. The molecule has 0 aliphatic rings. The van der Waals surface area contributed by atoms with Crippen molar-refractivity contribution in [3.05, 3.63) is 63.6 Å². The molecule has 0 fully saturated rings. The van der Waals surface area contributed by atoms with E-state index in [0.717, 1.165) is 0 Å². The normalized spacial score (nSPS) is 14.4. The molecule has 1 aromatic heterocycles. The molecule has 0 spiro atoms. The van der Waals surface area contributed by atoms with Crippen LogP contribution in [-0.4, -0.2) is 22.6 Å². The maximum Gasteiger partial charge on any atom is 0.315 e. The highest BCUT2D eigenvalue weighted by molar-refractivity contribution is 5.74. The van der Waals surface area contributed by atoms with Crippen molar-refractivity contribution in [3.63, 3.8) is 0 Å². The summed E-state index contributed by atoms with van der Waals surface area (Å²) in [5, 5.41) is 26.6. The number of rotatable bonds is 6. The molecule has 2 atom stereocenters. The molecular formula is C17H21N3O5. The molecule has 1 heterocycles. The number of carbonyl (C=O) groups is 1. The second kappa shape index (κ2) is 7.35. The Morgan fingerprint density at radius 1 is 1.44 bits per heavy atom. The van der Waals surface area contributed by atoms with Crippen molar-refractivity contribution in [3.8, 4) is 0 Å². The largest absolute Gasteiger partial charge is 0.466 e. The number of hydrogen-bond donors (Lipinski definition) is 3. The average molecular weight is 347 g/mol. The lowest BCUT2D eigenvalue weighted by atomic mass is 10.0. The fourth-order valence-electron chi connectivity index (χ4n) is 2.35. The molecule has 2 amide bonds. The van der Waals surface area contributed by atoms with Crippen LogP contribution in [0.2, 0.25) is 0 Å². The molecule has 2 rings (SSSR count). The highest BCUT2D eigenvalue weighted by Crippen LogP contribution is 2.23. The van der Waals surface area contributed by atoms with Crippen molar-refractivity contribution < 1.29 is 19.2 Å². The molecule has 8 heteroatoms. The SMILES string of the molecule is Cc1ccc([C@@H](C)NC(=O)NC[C@](C)(O)c2ccco2)cc1[N+](=O)[O-]. The smallest absolute Gasteiger partial charge is 0.315 e. The molecule has 3 N–H and O–H groups in total. The predicted molar refractivity (Wildman–Crippen MR) is 91.1 cm³/mol.